The number of nitrogens with zero attached hydrogens (tertiary/aromatic N) is 2. The molecule has 0 bridgehead atoms. The van der Waals surface area contributed by atoms with Crippen molar-refractivity contribution < 1.29 is 34.7 Å². The molecule has 0 fully saturated rings. The second kappa shape index (κ2) is 23.6. The van der Waals surface area contributed by atoms with Crippen LogP contribution in [0.1, 0.15) is 31.4 Å². The molecule has 11 nitrogen and oxygen atoms in total. The number of aromatic nitrogens is 2. The topological polar surface area (TPSA) is 173 Å². The van der Waals surface area contributed by atoms with Crippen molar-refractivity contribution in [2.24, 2.45) is 5.73 Å². The van der Waals surface area contributed by atoms with Crippen LogP contribution in [0, 0.1) is 0 Å². The van der Waals surface area contributed by atoms with Gasteiger partial charge in [-0.25, -0.2) is 0 Å². The van der Waals surface area contributed by atoms with E-state index in [0.29, 0.717) is 39.5 Å². The summed E-state index contributed by atoms with van der Waals surface area (Å²) in [7, 11) is 4.84. The first-order valence-electron chi connectivity index (χ1n) is 18.7. The van der Waals surface area contributed by atoms with Gasteiger partial charge in [0.2, 0.25) is 5.89 Å². The molecule has 0 spiro atoms. The number of anilines is 1. The third kappa shape index (κ3) is 13.8. The van der Waals surface area contributed by atoms with Crippen LogP contribution in [-0.2, 0) is 28.9 Å². The van der Waals surface area contributed by atoms with E-state index in [-0.39, 0.29) is 33.6 Å². The molecule has 0 saturated heterocycles. The fourth-order valence-corrected chi connectivity index (χ4v) is 6.80. The predicted octanol–water partition coefficient (Wildman–Crippen LogP) is 11.2. The monoisotopic (exact) mass is 899 g/mol. The Morgan fingerprint density at radius 2 is 1.02 bits per heavy atom. The van der Waals surface area contributed by atoms with Crippen molar-refractivity contribution in [2.75, 3.05) is 33.6 Å². The molecule has 0 amide bonds. The first kappa shape index (κ1) is 48.3. The first-order valence-corrected chi connectivity index (χ1v) is 19.8. The van der Waals surface area contributed by atoms with Gasteiger partial charge in [-0.05, 0) is 106 Å². The van der Waals surface area contributed by atoms with Gasteiger partial charge in [0.1, 0.15) is 17.2 Å². The number of benzene rings is 6. The Morgan fingerprint density at radius 1 is 0.613 bits per heavy atom. The first-order chi connectivity index (χ1) is 29.4. The Hall–Kier alpha value is -6.37. The number of rotatable bonds is 13. The largest absolute Gasteiger partial charge is 0.496 e. The third-order valence-electron chi connectivity index (χ3n) is 9.02. The van der Waals surface area contributed by atoms with E-state index in [1.54, 1.807) is 39.5 Å². The summed E-state index contributed by atoms with van der Waals surface area (Å²) in [5.74, 6) is 1.83. The molecule has 0 radical (unpaired) electrons. The second-order valence-electron chi connectivity index (χ2n) is 13.3. The quantitative estimate of drug-likeness (QED) is 0.100. The van der Waals surface area contributed by atoms with Crippen molar-refractivity contribution in [3.8, 4) is 50.6 Å². The van der Waals surface area contributed by atoms with Crippen LogP contribution in [0.5, 0.6) is 17.2 Å². The van der Waals surface area contributed by atoms with Gasteiger partial charge in [-0.1, -0.05) is 102 Å². The number of hydrogen-bond donors (Lipinski definition) is 3. The van der Waals surface area contributed by atoms with Crippen LogP contribution in [0.2, 0.25) is 15.1 Å². The van der Waals surface area contributed by atoms with Gasteiger partial charge in [0.15, 0.2) is 5.78 Å². The molecule has 5 N–H and O–H groups in total. The van der Waals surface area contributed by atoms with E-state index in [0.717, 1.165) is 61.6 Å². The molecule has 1 heterocycles. The number of carbonyl (C=O) groups excluding carboxylic acids is 1. The van der Waals surface area contributed by atoms with Gasteiger partial charge >= 0.3 is 12.0 Å². The highest BCUT2D eigenvalue weighted by atomic mass is 35.5. The molecule has 6 aromatic carbocycles. The molecule has 0 aliphatic carbocycles. The number of aliphatic carboxylic acids is 1. The summed E-state index contributed by atoms with van der Waals surface area (Å²) in [6.07, 6.45) is 0.813. The highest BCUT2D eigenvalue weighted by molar-refractivity contribution is 6.31. The lowest BCUT2D eigenvalue weighted by Crippen LogP contribution is -2.15. The second-order valence-corrected chi connectivity index (χ2v) is 14.6. The maximum atomic E-state index is 11.5. The number of halogens is 3. The minimum absolute atomic E-state index is 0. The zero-order valence-corrected chi connectivity index (χ0v) is 35.8. The van der Waals surface area contributed by atoms with Gasteiger partial charge in [-0.15, -0.1) is 5.10 Å². The van der Waals surface area contributed by atoms with Crippen molar-refractivity contribution in [3.63, 3.8) is 0 Å². The van der Waals surface area contributed by atoms with Crippen LogP contribution < -0.4 is 25.7 Å². The van der Waals surface area contributed by atoms with E-state index in [4.69, 9.17) is 70.0 Å². The zero-order valence-electron chi connectivity index (χ0n) is 33.5. The maximum absolute atomic E-state index is 11.5. The average Bonchev–Trinajstić information content (AvgIpc) is 3.67. The highest BCUT2D eigenvalue weighted by Crippen LogP contribution is 2.35. The van der Waals surface area contributed by atoms with E-state index in [1.165, 1.54) is 0 Å². The summed E-state index contributed by atoms with van der Waals surface area (Å²) >= 11 is 18.1. The normalized spacial score (nSPS) is 10.2. The number of carboxylic acids is 1. The van der Waals surface area contributed by atoms with Gasteiger partial charge in [-0.2, -0.15) is 0 Å². The van der Waals surface area contributed by atoms with E-state index < -0.39 is 5.97 Å². The minimum atomic E-state index is -0.859. The Bertz CT molecular complexity index is 2610. The Balaban J connectivity index is 0.000000248. The number of ketones is 1. The summed E-state index contributed by atoms with van der Waals surface area (Å²) in [5, 5.41) is 18.3. The summed E-state index contributed by atoms with van der Waals surface area (Å²) in [6, 6.07) is 39.5. The molecule has 14 heteroatoms. The van der Waals surface area contributed by atoms with Gasteiger partial charge in [0.05, 0.1) is 40.7 Å². The van der Waals surface area contributed by atoms with Crippen LogP contribution >= 0.6 is 34.8 Å². The molecule has 0 atom stereocenters. The lowest BCUT2D eigenvalue weighted by atomic mass is 9.99. The number of carbonyl (C=O) groups is 2. The van der Waals surface area contributed by atoms with Gasteiger partial charge in [0, 0.05) is 39.6 Å². The summed E-state index contributed by atoms with van der Waals surface area (Å²) in [6.45, 7) is 0.0541. The van der Waals surface area contributed by atoms with E-state index in [2.05, 4.69) is 10.2 Å². The molecule has 62 heavy (non-hydrogen) atoms. The molecule has 7 aromatic rings. The van der Waals surface area contributed by atoms with Crippen LogP contribution in [0.15, 0.2) is 132 Å². The Morgan fingerprint density at radius 3 is 1.37 bits per heavy atom. The molecule has 0 aliphatic rings. The van der Waals surface area contributed by atoms with Crippen molar-refractivity contribution >= 4 is 52.6 Å². The number of carboxylic acid groups (broad SMARTS) is 1. The SMILES string of the molecule is C.COc1ccc(CC(=O)CN)cc1-c1cccc(Cl)c1.COc1ccc(CC(=O)O)cc1-c1cccc(Cl)c1.COc1ccc(Cc2nnc(N)o2)cc1-c1cccc(Cl)c1.[2HH]. The molecule has 0 aliphatic heterocycles. The van der Waals surface area contributed by atoms with Gasteiger partial charge in [-0.3, -0.25) is 9.59 Å². The lowest BCUT2D eigenvalue weighted by molar-refractivity contribution is -0.136. The zero-order chi connectivity index (χ0) is 43.9. The Kier molecular flexibility index (Phi) is 18.4. The van der Waals surface area contributed by atoms with Crippen LogP contribution in [0.25, 0.3) is 33.4 Å². The lowest BCUT2D eigenvalue weighted by Gasteiger charge is -2.11. The van der Waals surface area contributed by atoms with Crippen molar-refractivity contribution in [1.29, 1.82) is 0 Å². The highest BCUT2D eigenvalue weighted by Gasteiger charge is 2.13. The van der Waals surface area contributed by atoms with E-state index >= 15 is 0 Å². The van der Waals surface area contributed by atoms with Gasteiger partial charge < -0.3 is 35.2 Å². The van der Waals surface area contributed by atoms with Crippen LogP contribution in [-0.4, -0.2) is 54.9 Å². The van der Waals surface area contributed by atoms with Crippen molar-refractivity contribution in [3.05, 3.63) is 165 Å². The van der Waals surface area contributed by atoms with Crippen LogP contribution in [0.4, 0.5) is 6.01 Å². The smallest absolute Gasteiger partial charge is 0.312 e. The minimum Gasteiger partial charge on any atom is -0.496 e. The molecular formula is C48H49Cl3N4O7. The van der Waals surface area contributed by atoms with Crippen molar-refractivity contribution in [2.45, 2.75) is 26.7 Å². The number of nitrogen functional groups attached to an aromatic ring is 1. The average molecular weight is 901 g/mol. The molecule has 0 saturated carbocycles. The number of Topliss-reactive ketones (excluding diaryl/α,β-unsaturated/α-hetero) is 1. The van der Waals surface area contributed by atoms with Gasteiger partial charge in [0.25, 0.3) is 0 Å². The number of hydrogen-bond acceptors (Lipinski definition) is 10. The molecule has 7 rings (SSSR count). The predicted molar refractivity (Wildman–Crippen MR) is 250 cm³/mol. The molecule has 0 unspecified atom stereocenters. The molecule has 324 valence electrons. The van der Waals surface area contributed by atoms with Crippen LogP contribution in [0.3, 0.4) is 0 Å². The van der Waals surface area contributed by atoms with E-state index in [1.807, 2.05) is 109 Å². The summed E-state index contributed by atoms with van der Waals surface area (Å²) < 4.78 is 21.3. The summed E-state index contributed by atoms with van der Waals surface area (Å²) in [5.41, 5.74) is 19.0. The fraction of sp³-hybridized carbons (Fsp3) is 0.167. The molecular weight excluding hydrogens is 851 g/mol. The van der Waals surface area contributed by atoms with Crippen molar-refractivity contribution in [1.82, 2.24) is 10.2 Å². The maximum Gasteiger partial charge on any atom is 0.312 e. The number of ether oxygens (including phenoxy) is 3. The summed E-state index contributed by atoms with van der Waals surface area (Å²) in [4.78, 5) is 22.2. The van der Waals surface area contributed by atoms with E-state index in [9.17, 15) is 9.59 Å². The molecule has 1 aromatic heterocycles. The third-order valence-corrected chi connectivity index (χ3v) is 9.73. The number of nitrogens with two attached hydrogens (primary N) is 2. The fourth-order valence-electron chi connectivity index (χ4n) is 6.23. The number of methoxy groups -OCH3 is 3. The Labute approximate surface area is 377 Å². The standard InChI is InChI=1S/C16H14ClN3O2.C16H16ClNO2.C15H13ClO3.CH4.H2/c1-21-14-6-5-10(8-15-19-20-16(18)22-15)7-13(14)11-3-2-4-12(17)9-11;1-20-16-6-5-11(7-14(19)10-18)8-15(16)12-3-2-4-13(17)9-12;1-19-14-6-5-10(8-15(17)18)7-13(14)11-3-2-4-12(16)9-11;;/h2-7,9H,8H2,1H3,(H2,18,20);2-6,8-9H,7,10,18H2,1H3;2-7,9H,8H2,1H3,(H,17,18);1H4;1H/i;;;;1+1.